The molecule has 0 amide bonds. The lowest BCUT2D eigenvalue weighted by Gasteiger charge is -2.26. The fraction of sp³-hybridized carbons (Fsp3) is 0.391. The minimum Gasteiger partial charge on any atom is -0.497 e. The van der Waals surface area contributed by atoms with Crippen molar-refractivity contribution >= 4 is 35.9 Å². The second kappa shape index (κ2) is 12.0. The molecular weight excluding hydrogens is 422 g/mol. The fourth-order valence-electron chi connectivity index (χ4n) is 2.84. The number of ether oxygens (including phenoxy) is 2. The molecular formula is C23H30ClNO4S. The van der Waals surface area contributed by atoms with Crippen LogP contribution in [-0.2, 0) is 11.2 Å². The van der Waals surface area contributed by atoms with Crippen molar-refractivity contribution in [3.63, 3.8) is 0 Å². The van der Waals surface area contributed by atoms with Crippen molar-refractivity contribution in [1.82, 2.24) is 5.32 Å². The molecule has 0 bridgehead atoms. The molecule has 0 aliphatic carbocycles. The number of benzene rings is 2. The van der Waals surface area contributed by atoms with Crippen molar-refractivity contribution in [3.05, 3.63) is 53.6 Å². The SMILES string of the molecule is COc1ccc(CCC(C)(C)NCC(=O)c2ccc(OC(C)=O)c(SC)c2)cc1.Cl. The molecule has 2 aromatic carbocycles. The van der Waals surface area contributed by atoms with Gasteiger partial charge in [0.05, 0.1) is 18.6 Å². The van der Waals surface area contributed by atoms with E-state index in [1.54, 1.807) is 25.3 Å². The first kappa shape index (κ1) is 26.0. The molecule has 2 rings (SSSR count). The van der Waals surface area contributed by atoms with Gasteiger partial charge in [-0.25, -0.2) is 0 Å². The van der Waals surface area contributed by atoms with Gasteiger partial charge < -0.3 is 14.8 Å². The molecule has 0 saturated carbocycles. The van der Waals surface area contributed by atoms with Gasteiger partial charge in [-0.3, -0.25) is 9.59 Å². The number of methoxy groups -OCH3 is 1. The summed E-state index contributed by atoms with van der Waals surface area (Å²) in [6.07, 6.45) is 3.69. The average Bonchev–Trinajstić information content (AvgIpc) is 2.71. The van der Waals surface area contributed by atoms with Crippen molar-refractivity contribution in [2.24, 2.45) is 0 Å². The largest absolute Gasteiger partial charge is 0.497 e. The van der Waals surface area contributed by atoms with Gasteiger partial charge >= 0.3 is 5.97 Å². The summed E-state index contributed by atoms with van der Waals surface area (Å²) < 4.78 is 10.4. The monoisotopic (exact) mass is 451 g/mol. The fourth-order valence-corrected chi connectivity index (χ4v) is 3.39. The van der Waals surface area contributed by atoms with Crippen LogP contribution >= 0.6 is 24.2 Å². The first-order chi connectivity index (χ1) is 13.7. The lowest BCUT2D eigenvalue weighted by atomic mass is 9.95. The van der Waals surface area contributed by atoms with Gasteiger partial charge in [-0.1, -0.05) is 12.1 Å². The van der Waals surface area contributed by atoms with Gasteiger partial charge in [-0.2, -0.15) is 0 Å². The van der Waals surface area contributed by atoms with Crippen molar-refractivity contribution in [1.29, 1.82) is 0 Å². The van der Waals surface area contributed by atoms with Gasteiger partial charge in [0, 0.05) is 18.0 Å². The number of ketones is 1. The third kappa shape index (κ3) is 8.01. The summed E-state index contributed by atoms with van der Waals surface area (Å²) in [4.78, 5) is 24.6. The smallest absolute Gasteiger partial charge is 0.308 e. The van der Waals surface area contributed by atoms with E-state index in [4.69, 9.17) is 9.47 Å². The molecule has 0 saturated heterocycles. The molecule has 0 aromatic heterocycles. The first-order valence-corrected chi connectivity index (χ1v) is 10.7. The van der Waals surface area contributed by atoms with Crippen LogP contribution in [0.5, 0.6) is 11.5 Å². The normalized spacial score (nSPS) is 10.8. The van der Waals surface area contributed by atoms with Crippen LogP contribution < -0.4 is 14.8 Å². The first-order valence-electron chi connectivity index (χ1n) is 9.51. The number of esters is 1. The quantitative estimate of drug-likeness (QED) is 0.238. The second-order valence-electron chi connectivity index (χ2n) is 7.47. The molecule has 0 fully saturated rings. The van der Waals surface area contributed by atoms with Crippen LogP contribution in [0.4, 0.5) is 0 Å². The third-order valence-electron chi connectivity index (χ3n) is 4.66. The Kier molecular flexibility index (Phi) is 10.4. The minimum absolute atomic E-state index is 0. The van der Waals surface area contributed by atoms with Crippen molar-refractivity contribution in [3.8, 4) is 11.5 Å². The molecule has 0 spiro atoms. The van der Waals surface area contributed by atoms with E-state index >= 15 is 0 Å². The molecule has 2 aromatic rings. The highest BCUT2D eigenvalue weighted by Crippen LogP contribution is 2.29. The van der Waals surface area contributed by atoms with Crippen molar-refractivity contribution in [2.45, 2.75) is 44.0 Å². The molecule has 5 nitrogen and oxygen atoms in total. The number of hydrogen-bond donors (Lipinski definition) is 1. The van der Waals surface area contributed by atoms with E-state index in [0.29, 0.717) is 11.3 Å². The summed E-state index contributed by atoms with van der Waals surface area (Å²) in [6, 6.07) is 13.2. The Labute approximate surface area is 189 Å². The summed E-state index contributed by atoms with van der Waals surface area (Å²) in [5, 5.41) is 3.37. The van der Waals surface area contributed by atoms with Crippen LogP contribution in [0.1, 0.15) is 43.1 Å². The maximum atomic E-state index is 12.6. The zero-order chi connectivity index (χ0) is 21.4. The molecule has 0 atom stereocenters. The average molecular weight is 452 g/mol. The Balaban J connectivity index is 0.00000450. The molecule has 0 radical (unpaired) electrons. The van der Waals surface area contributed by atoms with Crippen molar-refractivity contribution < 1.29 is 19.1 Å². The van der Waals surface area contributed by atoms with Crippen LogP contribution in [0, 0.1) is 0 Å². The standard InChI is InChI=1S/C23H29NO4S.ClH/c1-16(25)28-21-11-8-18(14-22(21)29-5)20(26)15-24-23(2,3)13-12-17-6-9-19(27-4)10-7-17;/h6-11,14,24H,12-13,15H2,1-5H3;1H. The summed E-state index contributed by atoms with van der Waals surface area (Å²) in [6.45, 7) is 5.80. The molecule has 0 heterocycles. The zero-order valence-electron chi connectivity index (χ0n) is 18.1. The maximum absolute atomic E-state index is 12.6. The Morgan fingerprint density at radius 3 is 2.33 bits per heavy atom. The number of nitrogens with one attached hydrogen (secondary N) is 1. The Hall–Kier alpha value is -2.02. The number of halogens is 1. The van der Waals surface area contributed by atoms with Crippen LogP contribution in [0.2, 0.25) is 0 Å². The van der Waals surface area contributed by atoms with Crippen LogP contribution in [0.25, 0.3) is 0 Å². The summed E-state index contributed by atoms with van der Waals surface area (Å²) in [5.41, 5.74) is 1.65. The Morgan fingerprint density at radius 1 is 1.10 bits per heavy atom. The summed E-state index contributed by atoms with van der Waals surface area (Å²) in [7, 11) is 1.66. The van der Waals surface area contributed by atoms with Crippen LogP contribution in [-0.4, -0.2) is 37.2 Å². The van der Waals surface area contributed by atoms with E-state index in [1.165, 1.54) is 24.2 Å². The van der Waals surface area contributed by atoms with E-state index in [2.05, 4.69) is 31.3 Å². The Bertz CT molecular complexity index is 853. The van der Waals surface area contributed by atoms with Gasteiger partial charge in [0.2, 0.25) is 0 Å². The van der Waals surface area contributed by atoms with E-state index in [-0.39, 0.29) is 36.2 Å². The number of Topliss-reactive ketones (excluding diaryl/α,β-unsaturated/α-hetero) is 1. The van der Waals surface area contributed by atoms with Gasteiger partial charge in [0.15, 0.2) is 5.78 Å². The highest BCUT2D eigenvalue weighted by Gasteiger charge is 2.19. The molecule has 7 heteroatoms. The molecule has 1 N–H and O–H groups in total. The van der Waals surface area contributed by atoms with Gasteiger partial charge in [-0.15, -0.1) is 24.2 Å². The van der Waals surface area contributed by atoms with Gasteiger partial charge in [0.1, 0.15) is 11.5 Å². The number of carbonyl (C=O) groups excluding carboxylic acids is 2. The third-order valence-corrected chi connectivity index (χ3v) is 5.42. The van der Waals surface area contributed by atoms with Crippen LogP contribution in [0.3, 0.4) is 0 Å². The topological polar surface area (TPSA) is 64.6 Å². The number of thioether (sulfide) groups is 1. The molecule has 0 aliphatic rings. The second-order valence-corrected chi connectivity index (χ2v) is 8.32. The molecule has 164 valence electrons. The van der Waals surface area contributed by atoms with E-state index in [9.17, 15) is 9.59 Å². The predicted molar refractivity (Wildman–Crippen MR) is 125 cm³/mol. The number of rotatable bonds is 10. The highest BCUT2D eigenvalue weighted by atomic mass is 35.5. The summed E-state index contributed by atoms with van der Waals surface area (Å²) >= 11 is 1.44. The van der Waals surface area contributed by atoms with Crippen LogP contribution in [0.15, 0.2) is 47.4 Å². The predicted octanol–water partition coefficient (Wildman–Crippen LogP) is 4.95. The van der Waals surface area contributed by atoms with E-state index in [1.807, 2.05) is 18.4 Å². The highest BCUT2D eigenvalue weighted by molar-refractivity contribution is 7.98. The molecule has 0 unspecified atom stereocenters. The number of carbonyl (C=O) groups is 2. The number of hydrogen-bond acceptors (Lipinski definition) is 6. The molecule has 30 heavy (non-hydrogen) atoms. The Morgan fingerprint density at radius 2 is 1.77 bits per heavy atom. The van der Waals surface area contributed by atoms with E-state index in [0.717, 1.165) is 23.5 Å². The summed E-state index contributed by atoms with van der Waals surface area (Å²) in [5.74, 6) is 0.960. The maximum Gasteiger partial charge on any atom is 0.308 e. The number of aryl methyl sites for hydroxylation is 1. The minimum atomic E-state index is -0.375. The lowest BCUT2D eigenvalue weighted by Crippen LogP contribution is -2.42. The lowest BCUT2D eigenvalue weighted by molar-refractivity contribution is -0.132. The van der Waals surface area contributed by atoms with Gasteiger partial charge in [0.25, 0.3) is 0 Å². The van der Waals surface area contributed by atoms with Crippen molar-refractivity contribution in [2.75, 3.05) is 19.9 Å². The molecule has 0 aliphatic heterocycles. The van der Waals surface area contributed by atoms with Gasteiger partial charge in [-0.05, 0) is 68.8 Å². The zero-order valence-corrected chi connectivity index (χ0v) is 19.7. The van der Waals surface area contributed by atoms with E-state index < -0.39 is 0 Å².